The molecule has 0 aromatic heterocycles. The van der Waals surface area contributed by atoms with E-state index in [2.05, 4.69) is 10.6 Å². The van der Waals surface area contributed by atoms with Gasteiger partial charge >= 0.3 is 6.03 Å². The fourth-order valence-corrected chi connectivity index (χ4v) is 1.59. The van der Waals surface area contributed by atoms with Crippen LogP contribution in [0, 0.1) is 5.92 Å². The van der Waals surface area contributed by atoms with E-state index in [1.807, 2.05) is 13.8 Å². The summed E-state index contributed by atoms with van der Waals surface area (Å²) in [5.74, 6) is 0.271. The van der Waals surface area contributed by atoms with E-state index < -0.39 is 0 Å². The van der Waals surface area contributed by atoms with Crippen LogP contribution in [0.4, 0.5) is 4.79 Å². The highest BCUT2D eigenvalue weighted by molar-refractivity contribution is 5.83. The van der Waals surface area contributed by atoms with Gasteiger partial charge in [0.1, 0.15) is 6.54 Å². The van der Waals surface area contributed by atoms with Crippen LogP contribution in [0.3, 0.4) is 0 Å². The van der Waals surface area contributed by atoms with Crippen molar-refractivity contribution >= 4 is 11.9 Å². The smallest absolute Gasteiger partial charge is 0.317 e. The first-order valence-electron chi connectivity index (χ1n) is 6.35. The first-order valence-corrected chi connectivity index (χ1v) is 6.35. The van der Waals surface area contributed by atoms with Crippen molar-refractivity contribution in [3.05, 3.63) is 0 Å². The van der Waals surface area contributed by atoms with Crippen LogP contribution in [0.5, 0.6) is 0 Å². The van der Waals surface area contributed by atoms with E-state index in [0.29, 0.717) is 25.7 Å². The SMILES string of the molecule is CC(C)CNC(=O)CN(C)C(=O)NC1CCOC1. The second-order valence-corrected chi connectivity index (χ2v) is 5.06. The summed E-state index contributed by atoms with van der Waals surface area (Å²) in [6.45, 7) is 5.99. The van der Waals surface area contributed by atoms with Gasteiger partial charge in [-0.3, -0.25) is 4.79 Å². The number of carbonyl (C=O) groups is 2. The summed E-state index contributed by atoms with van der Waals surface area (Å²) in [5.41, 5.74) is 0. The van der Waals surface area contributed by atoms with Gasteiger partial charge in [0.05, 0.1) is 12.6 Å². The number of hydrogen-bond donors (Lipinski definition) is 2. The average Bonchev–Trinajstić information content (AvgIpc) is 2.79. The molecular formula is C12H23N3O3. The van der Waals surface area contributed by atoms with E-state index in [1.165, 1.54) is 4.90 Å². The van der Waals surface area contributed by atoms with Gasteiger partial charge in [0.25, 0.3) is 0 Å². The first-order chi connectivity index (χ1) is 8.49. The molecular weight excluding hydrogens is 234 g/mol. The van der Waals surface area contributed by atoms with Crippen LogP contribution < -0.4 is 10.6 Å². The van der Waals surface area contributed by atoms with Gasteiger partial charge in [0, 0.05) is 20.2 Å². The maximum absolute atomic E-state index is 11.8. The molecule has 1 saturated heterocycles. The minimum Gasteiger partial charge on any atom is -0.379 e. The molecule has 1 heterocycles. The normalized spacial score (nSPS) is 18.8. The zero-order chi connectivity index (χ0) is 13.5. The number of amides is 3. The molecule has 3 amide bonds. The third-order valence-corrected chi connectivity index (χ3v) is 2.69. The highest BCUT2D eigenvalue weighted by atomic mass is 16.5. The van der Waals surface area contributed by atoms with Crippen LogP contribution in [0.2, 0.25) is 0 Å². The molecule has 0 bridgehead atoms. The van der Waals surface area contributed by atoms with Crippen molar-refractivity contribution in [1.29, 1.82) is 0 Å². The molecule has 0 aromatic rings. The summed E-state index contributed by atoms with van der Waals surface area (Å²) in [5, 5.41) is 5.61. The summed E-state index contributed by atoms with van der Waals surface area (Å²) < 4.78 is 5.17. The van der Waals surface area contributed by atoms with E-state index in [0.717, 1.165) is 6.42 Å². The highest BCUT2D eigenvalue weighted by Gasteiger charge is 2.20. The minimum absolute atomic E-state index is 0.0682. The van der Waals surface area contributed by atoms with Gasteiger partial charge in [-0.05, 0) is 12.3 Å². The van der Waals surface area contributed by atoms with E-state index in [1.54, 1.807) is 7.05 Å². The van der Waals surface area contributed by atoms with Crippen molar-refractivity contribution in [3.63, 3.8) is 0 Å². The Morgan fingerprint density at radius 2 is 2.17 bits per heavy atom. The fourth-order valence-electron chi connectivity index (χ4n) is 1.59. The summed E-state index contributed by atoms with van der Waals surface area (Å²) >= 11 is 0. The van der Waals surface area contributed by atoms with Crippen molar-refractivity contribution in [2.75, 3.05) is 33.4 Å². The number of rotatable bonds is 5. The predicted molar refractivity (Wildman–Crippen MR) is 68.2 cm³/mol. The molecule has 1 aliphatic heterocycles. The van der Waals surface area contributed by atoms with Crippen LogP contribution >= 0.6 is 0 Å². The Morgan fingerprint density at radius 3 is 2.72 bits per heavy atom. The molecule has 104 valence electrons. The molecule has 0 saturated carbocycles. The second-order valence-electron chi connectivity index (χ2n) is 5.06. The van der Waals surface area contributed by atoms with Crippen molar-refractivity contribution < 1.29 is 14.3 Å². The summed E-state index contributed by atoms with van der Waals surface area (Å²) in [6.07, 6.45) is 0.832. The molecule has 6 nitrogen and oxygen atoms in total. The summed E-state index contributed by atoms with van der Waals surface area (Å²) in [6, 6.07) is -0.163. The Morgan fingerprint density at radius 1 is 1.44 bits per heavy atom. The van der Waals surface area contributed by atoms with Crippen LogP contribution in [0.15, 0.2) is 0 Å². The Bertz CT molecular complexity index is 288. The summed E-state index contributed by atoms with van der Waals surface area (Å²) in [4.78, 5) is 24.7. The number of hydrogen-bond acceptors (Lipinski definition) is 3. The van der Waals surface area contributed by atoms with Crippen molar-refractivity contribution in [1.82, 2.24) is 15.5 Å². The molecule has 2 N–H and O–H groups in total. The monoisotopic (exact) mass is 257 g/mol. The Labute approximate surface area is 108 Å². The molecule has 1 fully saturated rings. The molecule has 0 spiro atoms. The topological polar surface area (TPSA) is 70.7 Å². The van der Waals surface area contributed by atoms with Gasteiger partial charge < -0.3 is 20.3 Å². The first kappa shape index (κ1) is 14.8. The van der Waals surface area contributed by atoms with E-state index in [4.69, 9.17) is 4.74 Å². The largest absolute Gasteiger partial charge is 0.379 e. The standard InChI is InChI=1S/C12H23N3O3/c1-9(2)6-13-11(16)7-15(3)12(17)14-10-4-5-18-8-10/h9-10H,4-8H2,1-3H3,(H,13,16)(H,14,17). The molecule has 1 rings (SSSR count). The Kier molecular flexibility index (Phi) is 5.91. The van der Waals surface area contributed by atoms with Crippen molar-refractivity contribution in [2.24, 2.45) is 5.92 Å². The molecule has 1 unspecified atom stereocenters. The molecule has 18 heavy (non-hydrogen) atoms. The van der Waals surface area contributed by atoms with Gasteiger partial charge in [-0.1, -0.05) is 13.8 Å². The number of urea groups is 1. The zero-order valence-corrected chi connectivity index (χ0v) is 11.4. The van der Waals surface area contributed by atoms with E-state index >= 15 is 0 Å². The lowest BCUT2D eigenvalue weighted by Crippen LogP contribution is -2.47. The van der Waals surface area contributed by atoms with Crippen LogP contribution in [0.1, 0.15) is 20.3 Å². The quantitative estimate of drug-likeness (QED) is 0.738. The van der Waals surface area contributed by atoms with Crippen molar-refractivity contribution in [2.45, 2.75) is 26.3 Å². The van der Waals surface area contributed by atoms with Crippen LogP contribution in [-0.2, 0) is 9.53 Å². The van der Waals surface area contributed by atoms with Crippen LogP contribution in [-0.4, -0.2) is 56.2 Å². The molecule has 1 atom stereocenters. The Balaban J connectivity index is 2.23. The maximum atomic E-state index is 11.8. The Hall–Kier alpha value is -1.30. The average molecular weight is 257 g/mol. The van der Waals surface area contributed by atoms with Crippen molar-refractivity contribution in [3.8, 4) is 0 Å². The fraction of sp³-hybridized carbons (Fsp3) is 0.833. The minimum atomic E-state index is -0.231. The molecule has 0 aromatic carbocycles. The van der Waals surface area contributed by atoms with Gasteiger partial charge in [0.2, 0.25) is 5.91 Å². The highest BCUT2D eigenvalue weighted by Crippen LogP contribution is 2.03. The number of nitrogens with zero attached hydrogens (tertiary/aromatic N) is 1. The lowest BCUT2D eigenvalue weighted by Gasteiger charge is -2.20. The number of nitrogens with one attached hydrogen (secondary N) is 2. The molecule has 1 aliphatic rings. The summed E-state index contributed by atoms with van der Waals surface area (Å²) in [7, 11) is 1.61. The number of carbonyl (C=O) groups excluding carboxylic acids is 2. The maximum Gasteiger partial charge on any atom is 0.317 e. The second kappa shape index (κ2) is 7.20. The van der Waals surface area contributed by atoms with Gasteiger partial charge in [-0.15, -0.1) is 0 Å². The third-order valence-electron chi connectivity index (χ3n) is 2.69. The van der Waals surface area contributed by atoms with Gasteiger partial charge in [-0.2, -0.15) is 0 Å². The number of ether oxygens (including phenoxy) is 1. The van der Waals surface area contributed by atoms with Gasteiger partial charge in [-0.25, -0.2) is 4.79 Å². The van der Waals surface area contributed by atoms with E-state index in [-0.39, 0.29) is 24.5 Å². The third kappa shape index (κ3) is 5.35. The predicted octanol–water partition coefficient (Wildman–Crippen LogP) is 0.189. The molecule has 0 radical (unpaired) electrons. The number of likely N-dealkylation sites (N-methyl/N-ethyl adjacent to an activating group) is 1. The van der Waals surface area contributed by atoms with Gasteiger partial charge in [0.15, 0.2) is 0 Å². The van der Waals surface area contributed by atoms with E-state index in [9.17, 15) is 9.59 Å². The molecule has 6 heteroatoms. The lowest BCUT2D eigenvalue weighted by atomic mass is 10.2. The molecule has 0 aliphatic carbocycles. The van der Waals surface area contributed by atoms with Crippen LogP contribution in [0.25, 0.3) is 0 Å². The lowest BCUT2D eigenvalue weighted by molar-refractivity contribution is -0.121. The zero-order valence-electron chi connectivity index (χ0n) is 11.4.